The van der Waals surface area contributed by atoms with Gasteiger partial charge in [-0.2, -0.15) is 4.98 Å². The van der Waals surface area contributed by atoms with Crippen molar-refractivity contribution in [1.82, 2.24) is 25.3 Å². The van der Waals surface area contributed by atoms with Crippen LogP contribution in [-0.2, 0) is 4.74 Å². The number of nitrogens with zero attached hydrogens (tertiary/aromatic N) is 4. The van der Waals surface area contributed by atoms with Crippen LogP contribution in [0.4, 0.5) is 11.8 Å². The highest BCUT2D eigenvalue weighted by Gasteiger charge is 2.19. The van der Waals surface area contributed by atoms with Crippen LogP contribution in [0.1, 0.15) is 37.7 Å². The number of aromatic nitrogens is 2. The first-order valence-electron chi connectivity index (χ1n) is 11.6. The number of nitrogens with one attached hydrogen (secondary N) is 2. The highest BCUT2D eigenvalue weighted by Crippen LogP contribution is 2.29. The van der Waals surface area contributed by atoms with E-state index >= 15 is 0 Å². The minimum absolute atomic E-state index is 0.328. The molecule has 166 valence electrons. The largest absolute Gasteiger partial charge is 0.379 e. The fourth-order valence-corrected chi connectivity index (χ4v) is 4.76. The molecule has 3 heterocycles. The standard InChI is InChI=1S/C23H33N7O/c24-23-27-21-7-6-17(14-20(21)22(28-23)26-19-4-2-1-3-5-19)18-15-25-30(16-18)9-8-29-10-12-31-13-11-29/h6-7,14,16,19,25H,1-5,8-13,15H2,(H3,24,26,27,28). The van der Waals surface area contributed by atoms with Gasteiger partial charge in [0.25, 0.3) is 0 Å². The topological polar surface area (TPSA) is 91.6 Å². The number of anilines is 2. The Morgan fingerprint density at radius 1 is 1.10 bits per heavy atom. The number of nitrogens with two attached hydrogens (primary N) is 1. The molecule has 1 aromatic carbocycles. The third-order valence-electron chi connectivity index (χ3n) is 6.57. The highest BCUT2D eigenvalue weighted by molar-refractivity contribution is 5.92. The van der Waals surface area contributed by atoms with Gasteiger partial charge in [0.1, 0.15) is 5.82 Å². The van der Waals surface area contributed by atoms with Crippen molar-refractivity contribution in [3.05, 3.63) is 30.0 Å². The second kappa shape index (κ2) is 9.38. The minimum atomic E-state index is 0.328. The van der Waals surface area contributed by atoms with Crippen molar-refractivity contribution in [2.45, 2.75) is 38.1 Å². The molecule has 2 aliphatic heterocycles. The van der Waals surface area contributed by atoms with Gasteiger partial charge >= 0.3 is 0 Å². The summed E-state index contributed by atoms with van der Waals surface area (Å²) in [6.07, 6.45) is 8.50. The van der Waals surface area contributed by atoms with Crippen molar-refractivity contribution in [3.8, 4) is 0 Å². The van der Waals surface area contributed by atoms with Gasteiger partial charge in [-0.25, -0.2) is 10.4 Å². The van der Waals surface area contributed by atoms with Gasteiger partial charge in [-0.15, -0.1) is 0 Å². The lowest BCUT2D eigenvalue weighted by molar-refractivity contribution is 0.0340. The first-order valence-corrected chi connectivity index (χ1v) is 11.6. The summed E-state index contributed by atoms with van der Waals surface area (Å²) in [6, 6.07) is 6.88. The van der Waals surface area contributed by atoms with E-state index in [9.17, 15) is 0 Å². The zero-order valence-corrected chi connectivity index (χ0v) is 18.1. The lowest BCUT2D eigenvalue weighted by Crippen LogP contribution is -2.42. The molecule has 0 radical (unpaired) electrons. The minimum Gasteiger partial charge on any atom is -0.379 e. The van der Waals surface area contributed by atoms with Gasteiger partial charge in [0.15, 0.2) is 0 Å². The maximum atomic E-state index is 6.00. The predicted molar refractivity (Wildman–Crippen MR) is 124 cm³/mol. The maximum absolute atomic E-state index is 6.00. The number of ether oxygens (including phenoxy) is 1. The van der Waals surface area contributed by atoms with Crippen LogP contribution in [0, 0.1) is 0 Å². The molecule has 2 fully saturated rings. The molecule has 31 heavy (non-hydrogen) atoms. The second-order valence-corrected chi connectivity index (χ2v) is 8.78. The molecule has 0 bridgehead atoms. The molecule has 1 aromatic heterocycles. The molecular formula is C23H33N7O. The van der Waals surface area contributed by atoms with Crippen molar-refractivity contribution in [3.63, 3.8) is 0 Å². The Kier molecular flexibility index (Phi) is 6.20. The Morgan fingerprint density at radius 3 is 2.77 bits per heavy atom. The molecule has 8 heteroatoms. The van der Waals surface area contributed by atoms with E-state index in [0.29, 0.717) is 12.0 Å². The number of hydrogen-bond donors (Lipinski definition) is 3. The number of morpholine rings is 1. The van der Waals surface area contributed by atoms with E-state index in [1.165, 1.54) is 43.2 Å². The van der Waals surface area contributed by atoms with Crippen molar-refractivity contribution in [2.75, 3.05) is 57.0 Å². The van der Waals surface area contributed by atoms with E-state index < -0.39 is 0 Å². The van der Waals surface area contributed by atoms with Gasteiger partial charge in [0, 0.05) is 50.4 Å². The molecule has 3 aliphatic rings. The first kappa shape index (κ1) is 20.5. The molecule has 1 saturated heterocycles. The quantitative estimate of drug-likeness (QED) is 0.653. The van der Waals surface area contributed by atoms with E-state index in [1.807, 2.05) is 0 Å². The van der Waals surface area contributed by atoms with Crippen molar-refractivity contribution in [2.24, 2.45) is 0 Å². The molecule has 5 rings (SSSR count). The second-order valence-electron chi connectivity index (χ2n) is 8.78. The van der Waals surface area contributed by atoms with E-state index in [4.69, 9.17) is 10.5 Å². The normalized spacial score (nSPS) is 20.9. The lowest BCUT2D eigenvalue weighted by atomic mass is 9.95. The van der Waals surface area contributed by atoms with Gasteiger partial charge in [-0.3, -0.25) is 4.90 Å². The molecule has 8 nitrogen and oxygen atoms in total. The summed E-state index contributed by atoms with van der Waals surface area (Å²) < 4.78 is 5.44. The van der Waals surface area contributed by atoms with Crippen LogP contribution in [-0.4, -0.2) is 71.9 Å². The summed E-state index contributed by atoms with van der Waals surface area (Å²) in [7, 11) is 0. The predicted octanol–water partition coefficient (Wildman–Crippen LogP) is 2.45. The molecule has 1 aliphatic carbocycles. The van der Waals surface area contributed by atoms with Crippen LogP contribution in [0.15, 0.2) is 24.4 Å². The number of nitrogen functional groups attached to an aromatic ring is 1. The van der Waals surface area contributed by atoms with E-state index in [-0.39, 0.29) is 0 Å². The summed E-state index contributed by atoms with van der Waals surface area (Å²) in [5.74, 6) is 1.20. The van der Waals surface area contributed by atoms with Gasteiger partial charge in [0.2, 0.25) is 5.95 Å². The highest BCUT2D eigenvalue weighted by atomic mass is 16.5. The number of rotatable bonds is 6. The third-order valence-corrected chi connectivity index (χ3v) is 6.57. The Hall–Kier alpha value is -2.42. The SMILES string of the molecule is Nc1nc(NC2CCCCC2)c2cc(C3=CN(CCN4CCOCC4)NC3)ccc2n1. The lowest BCUT2D eigenvalue weighted by Gasteiger charge is -2.28. The molecular weight excluding hydrogens is 390 g/mol. The number of benzene rings is 1. The number of hydrazine groups is 1. The zero-order valence-electron chi connectivity index (χ0n) is 18.1. The Bertz CT molecular complexity index is 935. The number of hydrogen-bond acceptors (Lipinski definition) is 8. The average molecular weight is 424 g/mol. The Balaban J connectivity index is 1.32. The Morgan fingerprint density at radius 2 is 1.94 bits per heavy atom. The van der Waals surface area contributed by atoms with Crippen LogP contribution in [0.25, 0.3) is 16.5 Å². The van der Waals surface area contributed by atoms with E-state index in [0.717, 1.165) is 62.7 Å². The van der Waals surface area contributed by atoms with Crippen LogP contribution in [0.2, 0.25) is 0 Å². The van der Waals surface area contributed by atoms with E-state index in [1.54, 1.807) is 0 Å². The van der Waals surface area contributed by atoms with Crippen LogP contribution < -0.4 is 16.5 Å². The molecule has 0 atom stereocenters. The zero-order chi connectivity index (χ0) is 21.0. The molecule has 0 amide bonds. The third kappa shape index (κ3) is 4.92. The van der Waals surface area contributed by atoms with Crippen LogP contribution in [0.5, 0.6) is 0 Å². The van der Waals surface area contributed by atoms with Gasteiger partial charge in [0.05, 0.1) is 18.7 Å². The summed E-state index contributed by atoms with van der Waals surface area (Å²) in [5.41, 5.74) is 12.9. The molecule has 4 N–H and O–H groups in total. The first-order chi connectivity index (χ1) is 15.2. The van der Waals surface area contributed by atoms with Crippen LogP contribution >= 0.6 is 0 Å². The average Bonchev–Trinajstić information content (AvgIpc) is 3.28. The van der Waals surface area contributed by atoms with Crippen molar-refractivity contribution >= 4 is 28.2 Å². The summed E-state index contributed by atoms with van der Waals surface area (Å²) in [6.45, 7) is 6.57. The summed E-state index contributed by atoms with van der Waals surface area (Å²) in [5, 5.41) is 6.91. The maximum Gasteiger partial charge on any atom is 0.222 e. The van der Waals surface area contributed by atoms with E-state index in [2.05, 4.69) is 55.0 Å². The number of fused-ring (bicyclic) bond motifs is 1. The van der Waals surface area contributed by atoms with Gasteiger partial charge in [-0.1, -0.05) is 25.3 Å². The molecule has 0 unspecified atom stereocenters. The van der Waals surface area contributed by atoms with Crippen LogP contribution in [0.3, 0.4) is 0 Å². The fourth-order valence-electron chi connectivity index (χ4n) is 4.76. The molecule has 0 spiro atoms. The van der Waals surface area contributed by atoms with Gasteiger partial charge < -0.3 is 20.8 Å². The summed E-state index contributed by atoms with van der Waals surface area (Å²) >= 11 is 0. The summed E-state index contributed by atoms with van der Waals surface area (Å²) in [4.78, 5) is 11.5. The molecule has 1 saturated carbocycles. The van der Waals surface area contributed by atoms with Crippen molar-refractivity contribution in [1.29, 1.82) is 0 Å². The van der Waals surface area contributed by atoms with Crippen molar-refractivity contribution < 1.29 is 4.74 Å². The van der Waals surface area contributed by atoms with Gasteiger partial charge in [-0.05, 0) is 36.1 Å². The fraction of sp³-hybridized carbons (Fsp3) is 0.565. The smallest absolute Gasteiger partial charge is 0.222 e. The molecule has 2 aromatic rings. The Labute approximate surface area is 183 Å². The monoisotopic (exact) mass is 423 g/mol.